The van der Waals surface area contributed by atoms with Crippen LogP contribution < -0.4 is 10.5 Å². The molecule has 0 unspecified atom stereocenters. The van der Waals surface area contributed by atoms with Gasteiger partial charge in [0.25, 0.3) is 5.56 Å². The molecule has 25 heavy (non-hydrogen) atoms. The second kappa shape index (κ2) is 6.65. The first-order valence-electron chi connectivity index (χ1n) is 8.13. The van der Waals surface area contributed by atoms with E-state index in [2.05, 4.69) is 16.0 Å². The summed E-state index contributed by atoms with van der Waals surface area (Å²) in [6, 6.07) is 9.89. The van der Waals surface area contributed by atoms with E-state index < -0.39 is 0 Å². The fraction of sp³-hybridized carbons (Fsp3) is 0.278. The van der Waals surface area contributed by atoms with Gasteiger partial charge in [-0.2, -0.15) is 0 Å². The number of thiophene rings is 1. The van der Waals surface area contributed by atoms with Crippen molar-refractivity contribution in [2.45, 2.75) is 24.9 Å². The summed E-state index contributed by atoms with van der Waals surface area (Å²) in [5.41, 5.74) is 2.08. The monoisotopic (exact) mass is 371 g/mol. The van der Waals surface area contributed by atoms with Crippen molar-refractivity contribution in [3.63, 3.8) is 0 Å². The molecule has 7 heteroatoms. The number of aromatic amines is 1. The summed E-state index contributed by atoms with van der Waals surface area (Å²) in [6.45, 7) is 2.69. The van der Waals surface area contributed by atoms with Crippen LogP contribution in [0.1, 0.15) is 16.9 Å². The van der Waals surface area contributed by atoms with Crippen molar-refractivity contribution in [3.8, 4) is 0 Å². The minimum atomic E-state index is -0.146. The number of carbonyl (C=O) groups excluding carboxylic acids is 1. The van der Waals surface area contributed by atoms with Gasteiger partial charge in [-0.05, 0) is 37.5 Å². The van der Waals surface area contributed by atoms with Gasteiger partial charge in [0.2, 0.25) is 5.91 Å². The van der Waals surface area contributed by atoms with Crippen LogP contribution >= 0.6 is 23.1 Å². The molecule has 0 saturated carbocycles. The van der Waals surface area contributed by atoms with Gasteiger partial charge in [0.1, 0.15) is 4.83 Å². The lowest BCUT2D eigenvalue weighted by Gasteiger charge is -2.29. The van der Waals surface area contributed by atoms with Gasteiger partial charge in [0.15, 0.2) is 5.16 Å². The summed E-state index contributed by atoms with van der Waals surface area (Å²) in [7, 11) is 0. The van der Waals surface area contributed by atoms with E-state index in [-0.39, 0.29) is 17.2 Å². The number of amides is 1. The average molecular weight is 371 g/mol. The summed E-state index contributed by atoms with van der Waals surface area (Å²) >= 11 is 2.78. The first kappa shape index (κ1) is 16.4. The highest BCUT2D eigenvalue weighted by Gasteiger charge is 2.22. The number of carbonyl (C=O) groups is 1. The second-order valence-electron chi connectivity index (χ2n) is 6.01. The molecule has 1 aliphatic heterocycles. The number of fused-ring (bicyclic) bond motifs is 2. The van der Waals surface area contributed by atoms with Crippen LogP contribution in [0.3, 0.4) is 0 Å². The van der Waals surface area contributed by atoms with Gasteiger partial charge in [0.05, 0.1) is 11.1 Å². The SMILES string of the molecule is Cc1cc2c(=O)[nH]c(SCC(=O)N3CCCc4ccccc43)nc2s1. The second-order valence-corrected chi connectivity index (χ2v) is 8.21. The zero-order chi connectivity index (χ0) is 17.4. The molecule has 1 N–H and O–H groups in total. The number of nitrogens with one attached hydrogen (secondary N) is 1. The molecule has 1 amide bonds. The number of H-pyrrole nitrogens is 1. The lowest BCUT2D eigenvalue weighted by Crippen LogP contribution is -2.36. The van der Waals surface area contributed by atoms with Gasteiger partial charge in [-0.1, -0.05) is 30.0 Å². The molecule has 5 nitrogen and oxygen atoms in total. The number of aryl methyl sites for hydroxylation is 2. The molecule has 1 aromatic carbocycles. The van der Waals surface area contributed by atoms with Gasteiger partial charge in [-0.3, -0.25) is 9.59 Å². The molecule has 0 saturated heterocycles. The highest BCUT2D eigenvalue weighted by molar-refractivity contribution is 7.99. The number of hydrogen-bond donors (Lipinski definition) is 1. The number of thioether (sulfide) groups is 1. The average Bonchev–Trinajstić information content (AvgIpc) is 3.00. The Kier molecular flexibility index (Phi) is 4.35. The molecule has 2 aromatic heterocycles. The van der Waals surface area contributed by atoms with E-state index >= 15 is 0 Å². The quantitative estimate of drug-likeness (QED) is 0.566. The first-order chi connectivity index (χ1) is 12.1. The maximum Gasteiger partial charge on any atom is 0.260 e. The fourth-order valence-corrected chi connectivity index (χ4v) is 4.78. The molecule has 0 fully saturated rings. The molecule has 0 atom stereocenters. The maximum atomic E-state index is 12.7. The Balaban J connectivity index is 1.52. The van der Waals surface area contributed by atoms with Crippen molar-refractivity contribution in [2.75, 3.05) is 17.2 Å². The van der Waals surface area contributed by atoms with Crippen LogP contribution in [-0.2, 0) is 11.2 Å². The Morgan fingerprint density at radius 3 is 3.12 bits per heavy atom. The van der Waals surface area contributed by atoms with Crippen molar-refractivity contribution in [3.05, 3.63) is 51.1 Å². The van der Waals surface area contributed by atoms with E-state index in [4.69, 9.17) is 0 Å². The molecule has 0 radical (unpaired) electrons. The zero-order valence-corrected chi connectivity index (χ0v) is 15.4. The molecule has 4 rings (SSSR count). The number of nitrogens with zero attached hydrogens (tertiary/aromatic N) is 2. The van der Waals surface area contributed by atoms with E-state index in [9.17, 15) is 9.59 Å². The van der Waals surface area contributed by atoms with E-state index in [1.54, 1.807) is 0 Å². The molecular formula is C18H17N3O2S2. The van der Waals surface area contributed by atoms with Gasteiger partial charge < -0.3 is 9.88 Å². The smallest absolute Gasteiger partial charge is 0.260 e. The Bertz CT molecular complexity index is 1010. The summed E-state index contributed by atoms with van der Waals surface area (Å²) in [5, 5.41) is 1.11. The van der Waals surface area contributed by atoms with Gasteiger partial charge in [-0.25, -0.2) is 4.98 Å². The summed E-state index contributed by atoms with van der Waals surface area (Å²) < 4.78 is 0. The van der Waals surface area contributed by atoms with Crippen LogP contribution in [0.15, 0.2) is 40.3 Å². The molecule has 3 aromatic rings. The van der Waals surface area contributed by atoms with Crippen molar-refractivity contribution in [1.29, 1.82) is 0 Å². The summed E-state index contributed by atoms with van der Waals surface area (Å²) in [5.74, 6) is 0.301. The number of para-hydroxylation sites is 1. The normalized spacial score (nSPS) is 13.9. The van der Waals surface area contributed by atoms with Crippen LogP contribution in [0.5, 0.6) is 0 Å². The molecule has 3 heterocycles. The third-order valence-corrected chi connectivity index (χ3v) is 6.05. The predicted molar refractivity (Wildman–Crippen MR) is 103 cm³/mol. The van der Waals surface area contributed by atoms with Crippen molar-refractivity contribution < 1.29 is 4.79 Å². The topological polar surface area (TPSA) is 66.1 Å². The lowest BCUT2D eigenvalue weighted by atomic mass is 10.0. The molecule has 1 aliphatic rings. The maximum absolute atomic E-state index is 12.7. The highest BCUT2D eigenvalue weighted by atomic mass is 32.2. The summed E-state index contributed by atoms with van der Waals surface area (Å²) in [6.07, 6.45) is 1.99. The van der Waals surface area contributed by atoms with E-state index in [0.29, 0.717) is 10.5 Å². The number of anilines is 1. The Morgan fingerprint density at radius 1 is 1.40 bits per heavy atom. The van der Waals surface area contributed by atoms with Gasteiger partial charge in [-0.15, -0.1) is 11.3 Å². The number of aromatic nitrogens is 2. The van der Waals surface area contributed by atoms with Crippen molar-refractivity contribution in [2.24, 2.45) is 0 Å². The van der Waals surface area contributed by atoms with Crippen molar-refractivity contribution >= 4 is 44.9 Å². The number of hydrogen-bond acceptors (Lipinski definition) is 5. The molecular weight excluding hydrogens is 354 g/mol. The van der Waals surface area contributed by atoms with Crippen LogP contribution in [0.25, 0.3) is 10.2 Å². The lowest BCUT2D eigenvalue weighted by molar-refractivity contribution is -0.116. The molecule has 0 spiro atoms. The van der Waals surface area contributed by atoms with Crippen LogP contribution in [-0.4, -0.2) is 28.2 Å². The molecule has 128 valence electrons. The van der Waals surface area contributed by atoms with E-state index in [1.807, 2.05) is 36.1 Å². The summed E-state index contributed by atoms with van der Waals surface area (Å²) in [4.78, 5) is 35.7. The fourth-order valence-electron chi connectivity index (χ4n) is 3.10. The van der Waals surface area contributed by atoms with Gasteiger partial charge in [0, 0.05) is 17.1 Å². The van der Waals surface area contributed by atoms with Crippen molar-refractivity contribution in [1.82, 2.24) is 9.97 Å². The zero-order valence-electron chi connectivity index (χ0n) is 13.7. The largest absolute Gasteiger partial charge is 0.311 e. The first-order valence-corrected chi connectivity index (χ1v) is 9.93. The molecule has 0 aliphatic carbocycles. The third-order valence-electron chi connectivity index (χ3n) is 4.25. The Morgan fingerprint density at radius 2 is 2.24 bits per heavy atom. The molecule has 0 bridgehead atoms. The number of benzene rings is 1. The van der Waals surface area contributed by atoms with Gasteiger partial charge >= 0.3 is 0 Å². The highest BCUT2D eigenvalue weighted by Crippen LogP contribution is 2.28. The predicted octanol–water partition coefficient (Wildman–Crippen LogP) is 3.36. The van der Waals surface area contributed by atoms with Crippen LogP contribution in [0, 0.1) is 6.92 Å². The van der Waals surface area contributed by atoms with E-state index in [1.165, 1.54) is 28.7 Å². The standard InChI is InChI=1S/C18H17N3O2S2/c1-11-9-13-16(23)19-18(20-17(13)25-11)24-10-15(22)21-8-4-6-12-5-2-3-7-14(12)21/h2-3,5,7,9H,4,6,8,10H2,1H3,(H,19,20,23). The minimum absolute atomic E-state index is 0.0438. The third kappa shape index (κ3) is 3.21. The van der Waals surface area contributed by atoms with Crippen LogP contribution in [0.4, 0.5) is 5.69 Å². The Hall–Kier alpha value is -2.12. The van der Waals surface area contributed by atoms with Crippen LogP contribution in [0.2, 0.25) is 0 Å². The Labute approximate surface area is 153 Å². The van der Waals surface area contributed by atoms with E-state index in [0.717, 1.165) is 34.8 Å². The number of rotatable bonds is 3. The minimum Gasteiger partial charge on any atom is -0.311 e.